The van der Waals surface area contributed by atoms with Gasteiger partial charge >= 0.3 is 0 Å². The second-order valence-electron chi connectivity index (χ2n) is 2.08. The number of hydrogen-bond donors (Lipinski definition) is 2. The molecule has 0 bridgehead atoms. The minimum Gasteiger partial charge on any atom is -0.323 e. The molecule has 11 heavy (non-hydrogen) atoms. The van der Waals surface area contributed by atoms with Crippen LogP contribution in [0.5, 0.6) is 0 Å². The molecular weight excluding hydrogens is 227 g/mol. The van der Waals surface area contributed by atoms with Gasteiger partial charge in [-0.25, -0.2) is 0 Å². The van der Waals surface area contributed by atoms with Gasteiger partial charge in [0.1, 0.15) is 0 Å². The highest BCUT2D eigenvalue weighted by molar-refractivity contribution is 9.10. The van der Waals surface area contributed by atoms with Crippen molar-refractivity contribution in [1.29, 1.82) is 0 Å². The molecule has 0 radical (unpaired) electrons. The molecule has 0 atom stereocenters. The highest BCUT2D eigenvalue weighted by Crippen LogP contribution is 2.24. The largest absolute Gasteiger partial charge is 0.323 e. The van der Waals surface area contributed by atoms with E-state index in [2.05, 4.69) is 21.4 Å². The van der Waals surface area contributed by atoms with Gasteiger partial charge in [0, 0.05) is 4.47 Å². The van der Waals surface area contributed by atoms with Gasteiger partial charge in [0.05, 0.1) is 5.69 Å². The molecule has 0 saturated carbocycles. The maximum absolute atomic E-state index is 5.27. The Kier molecular flexibility index (Phi) is 4.49. The van der Waals surface area contributed by atoms with Crippen LogP contribution in [0.4, 0.5) is 5.69 Å². The highest BCUT2D eigenvalue weighted by atomic mass is 79.9. The van der Waals surface area contributed by atoms with Crippen molar-refractivity contribution in [2.45, 2.75) is 6.92 Å². The van der Waals surface area contributed by atoms with Crippen LogP contribution < -0.4 is 11.3 Å². The zero-order valence-corrected chi connectivity index (χ0v) is 8.50. The number of para-hydroxylation sites is 1. The number of hydrogen-bond acceptors (Lipinski definition) is 2. The van der Waals surface area contributed by atoms with Crippen LogP contribution in [0.15, 0.2) is 22.7 Å². The zero-order chi connectivity index (χ0) is 7.56. The van der Waals surface area contributed by atoms with Crippen LogP contribution in [0.2, 0.25) is 0 Å². The van der Waals surface area contributed by atoms with Gasteiger partial charge in [0.15, 0.2) is 0 Å². The summed E-state index contributed by atoms with van der Waals surface area (Å²) in [6.45, 7) is 2.00. The number of nitrogens with two attached hydrogens (primary N) is 1. The Bertz CT molecular complexity index is 220. The topological polar surface area (TPSA) is 38.0 Å². The standard InChI is InChI=1S/C7H9BrN2.ClH/c1-5-3-2-4-6(8)7(5)10-9;/h2-4,10H,9H2,1H3;1H. The number of hydrazine groups is 1. The summed E-state index contributed by atoms with van der Waals surface area (Å²) >= 11 is 3.36. The normalized spacial score (nSPS) is 8.64. The lowest BCUT2D eigenvalue weighted by Gasteiger charge is -2.05. The van der Waals surface area contributed by atoms with Crippen LogP contribution in [0, 0.1) is 6.92 Å². The van der Waals surface area contributed by atoms with E-state index in [1.54, 1.807) is 0 Å². The van der Waals surface area contributed by atoms with E-state index in [0.717, 1.165) is 15.7 Å². The number of rotatable bonds is 1. The Balaban J connectivity index is 0.000001000. The Labute approximate surface area is 80.7 Å². The van der Waals surface area contributed by atoms with Gasteiger partial charge in [-0.05, 0) is 34.5 Å². The van der Waals surface area contributed by atoms with Gasteiger partial charge < -0.3 is 5.43 Å². The van der Waals surface area contributed by atoms with E-state index < -0.39 is 0 Å². The number of halogens is 2. The summed E-state index contributed by atoms with van der Waals surface area (Å²) in [6.07, 6.45) is 0. The molecule has 0 aliphatic heterocycles. The third-order valence-corrected chi connectivity index (χ3v) is 2.03. The first-order valence-corrected chi connectivity index (χ1v) is 3.76. The molecule has 0 aromatic heterocycles. The lowest BCUT2D eigenvalue weighted by molar-refractivity contribution is 1.30. The summed E-state index contributed by atoms with van der Waals surface area (Å²) in [4.78, 5) is 0. The molecule has 62 valence electrons. The van der Waals surface area contributed by atoms with Gasteiger partial charge in [-0.1, -0.05) is 12.1 Å². The Hall–Kier alpha value is -0.250. The van der Waals surface area contributed by atoms with Crippen LogP contribution >= 0.6 is 28.3 Å². The van der Waals surface area contributed by atoms with Crippen LogP contribution in [0.25, 0.3) is 0 Å². The van der Waals surface area contributed by atoms with Gasteiger partial charge in [0.25, 0.3) is 0 Å². The van der Waals surface area contributed by atoms with Crippen molar-refractivity contribution >= 4 is 34.0 Å². The van der Waals surface area contributed by atoms with Crippen LogP contribution in [0.1, 0.15) is 5.56 Å². The van der Waals surface area contributed by atoms with Crippen molar-refractivity contribution in [3.05, 3.63) is 28.2 Å². The van der Waals surface area contributed by atoms with E-state index in [1.807, 2.05) is 25.1 Å². The molecule has 1 aromatic rings. The summed E-state index contributed by atoms with van der Waals surface area (Å²) in [5.74, 6) is 5.27. The quantitative estimate of drug-likeness (QED) is 0.582. The van der Waals surface area contributed by atoms with Gasteiger partial charge in [-0.2, -0.15) is 0 Å². The van der Waals surface area contributed by atoms with Gasteiger partial charge in [-0.15, -0.1) is 12.4 Å². The van der Waals surface area contributed by atoms with E-state index in [9.17, 15) is 0 Å². The SMILES string of the molecule is Cc1cccc(Br)c1NN.Cl. The van der Waals surface area contributed by atoms with E-state index in [-0.39, 0.29) is 12.4 Å². The van der Waals surface area contributed by atoms with Crippen molar-refractivity contribution < 1.29 is 0 Å². The molecule has 3 N–H and O–H groups in total. The molecule has 0 aliphatic carbocycles. The van der Waals surface area contributed by atoms with E-state index in [4.69, 9.17) is 5.84 Å². The van der Waals surface area contributed by atoms with E-state index >= 15 is 0 Å². The first-order chi connectivity index (χ1) is 4.75. The van der Waals surface area contributed by atoms with E-state index in [1.165, 1.54) is 0 Å². The number of anilines is 1. The van der Waals surface area contributed by atoms with Gasteiger partial charge in [-0.3, -0.25) is 5.84 Å². The molecule has 0 amide bonds. The second kappa shape index (κ2) is 4.59. The number of nitrogens with one attached hydrogen (secondary N) is 1. The molecule has 2 nitrogen and oxygen atoms in total. The molecule has 0 saturated heterocycles. The molecule has 0 spiro atoms. The third kappa shape index (κ3) is 2.36. The molecule has 0 aliphatic rings. The number of aryl methyl sites for hydroxylation is 1. The summed E-state index contributed by atoms with van der Waals surface area (Å²) in [7, 11) is 0. The average molecular weight is 238 g/mol. The maximum atomic E-state index is 5.27. The molecule has 0 heterocycles. The average Bonchev–Trinajstić information content (AvgIpc) is 1.88. The third-order valence-electron chi connectivity index (χ3n) is 1.37. The predicted molar refractivity (Wildman–Crippen MR) is 53.9 cm³/mol. The summed E-state index contributed by atoms with van der Waals surface area (Å²) < 4.78 is 0.995. The first-order valence-electron chi connectivity index (χ1n) is 2.97. The first kappa shape index (κ1) is 10.8. The van der Waals surface area contributed by atoms with Crippen LogP contribution in [0.3, 0.4) is 0 Å². The fraction of sp³-hybridized carbons (Fsp3) is 0.143. The Morgan fingerprint density at radius 2 is 2.09 bits per heavy atom. The molecule has 4 heteroatoms. The molecular formula is C7H10BrClN2. The number of nitrogen functional groups attached to an aromatic ring is 1. The minimum absolute atomic E-state index is 0. The fourth-order valence-corrected chi connectivity index (χ4v) is 1.39. The van der Waals surface area contributed by atoms with Crippen molar-refractivity contribution in [3.8, 4) is 0 Å². The second-order valence-corrected chi connectivity index (χ2v) is 2.93. The maximum Gasteiger partial charge on any atom is 0.0656 e. The van der Waals surface area contributed by atoms with Crippen molar-refractivity contribution in [2.24, 2.45) is 5.84 Å². The Morgan fingerprint density at radius 3 is 2.45 bits per heavy atom. The monoisotopic (exact) mass is 236 g/mol. The minimum atomic E-state index is 0. The van der Waals surface area contributed by atoms with Crippen LogP contribution in [-0.2, 0) is 0 Å². The van der Waals surface area contributed by atoms with E-state index in [0.29, 0.717) is 0 Å². The lowest BCUT2D eigenvalue weighted by Crippen LogP contribution is -2.08. The molecule has 1 rings (SSSR count). The molecule has 0 fully saturated rings. The lowest BCUT2D eigenvalue weighted by atomic mass is 10.2. The summed E-state index contributed by atoms with van der Waals surface area (Å²) in [5, 5.41) is 0. The fourth-order valence-electron chi connectivity index (χ4n) is 0.815. The summed E-state index contributed by atoms with van der Waals surface area (Å²) in [5.41, 5.74) is 4.70. The van der Waals surface area contributed by atoms with Crippen LogP contribution in [-0.4, -0.2) is 0 Å². The highest BCUT2D eigenvalue weighted by Gasteiger charge is 1.98. The smallest absolute Gasteiger partial charge is 0.0656 e. The Morgan fingerprint density at radius 1 is 1.45 bits per heavy atom. The molecule has 0 unspecified atom stereocenters. The van der Waals surface area contributed by atoms with Crippen molar-refractivity contribution in [1.82, 2.24) is 0 Å². The van der Waals surface area contributed by atoms with Gasteiger partial charge in [0.2, 0.25) is 0 Å². The zero-order valence-electron chi connectivity index (χ0n) is 6.10. The molecule has 1 aromatic carbocycles. The predicted octanol–water partition coefficient (Wildman–Crippen LogP) is 2.46. The number of benzene rings is 1. The van der Waals surface area contributed by atoms with Crippen molar-refractivity contribution in [3.63, 3.8) is 0 Å². The van der Waals surface area contributed by atoms with Crippen molar-refractivity contribution in [2.75, 3.05) is 5.43 Å². The summed E-state index contributed by atoms with van der Waals surface area (Å²) in [6, 6.07) is 5.92.